The molecule has 1 heterocycles. The molecule has 2 bridgehead atoms. The first kappa shape index (κ1) is 12.3. The zero-order valence-corrected chi connectivity index (χ0v) is 11.1. The first-order valence-corrected chi connectivity index (χ1v) is 6.95. The van der Waals surface area contributed by atoms with Crippen molar-refractivity contribution < 1.29 is 19.5 Å². The van der Waals surface area contributed by atoms with Crippen molar-refractivity contribution in [3.8, 4) is 0 Å². The number of carbonyl (C=O) groups is 3. The van der Waals surface area contributed by atoms with Gasteiger partial charge in [0.05, 0.1) is 23.5 Å². The molecule has 4 rings (SSSR count). The summed E-state index contributed by atoms with van der Waals surface area (Å²) in [4.78, 5) is 37.2. The second-order valence-corrected chi connectivity index (χ2v) is 5.85. The van der Waals surface area contributed by atoms with Crippen molar-refractivity contribution in [2.75, 3.05) is 4.90 Å². The van der Waals surface area contributed by atoms with Gasteiger partial charge in [-0.2, -0.15) is 0 Å². The molecule has 0 spiro atoms. The predicted molar refractivity (Wildman–Crippen MR) is 71.0 cm³/mol. The summed E-state index contributed by atoms with van der Waals surface area (Å²) in [6, 6.07) is 5.80. The van der Waals surface area contributed by atoms with E-state index in [0.717, 1.165) is 11.3 Å². The van der Waals surface area contributed by atoms with Gasteiger partial charge in [-0.3, -0.25) is 9.59 Å². The van der Waals surface area contributed by atoms with Crippen LogP contribution in [-0.2, 0) is 9.59 Å². The highest BCUT2D eigenvalue weighted by atomic mass is 16.4. The first-order valence-electron chi connectivity index (χ1n) is 6.95. The van der Waals surface area contributed by atoms with Crippen molar-refractivity contribution in [2.45, 2.75) is 6.42 Å². The fourth-order valence-electron chi connectivity index (χ4n) is 3.93. The normalized spacial score (nSPS) is 32.9. The van der Waals surface area contributed by atoms with Gasteiger partial charge in [0.25, 0.3) is 0 Å². The van der Waals surface area contributed by atoms with Crippen molar-refractivity contribution in [3.05, 3.63) is 42.0 Å². The van der Waals surface area contributed by atoms with Gasteiger partial charge in [0.15, 0.2) is 0 Å². The predicted octanol–water partition coefficient (Wildman–Crippen LogP) is 0.362. The Labute approximate surface area is 120 Å². The Bertz CT molecular complexity index is 678. The van der Waals surface area contributed by atoms with E-state index in [-0.39, 0.29) is 41.0 Å². The monoisotopic (exact) mass is 282 g/mol. The second kappa shape index (κ2) is 4.04. The smallest absolute Gasteiger partial charge is 0.238 e. The molecule has 2 aliphatic carbocycles. The lowest BCUT2D eigenvalue weighted by atomic mass is 9.85. The Balaban J connectivity index is 1.74. The highest BCUT2D eigenvalue weighted by Crippen LogP contribution is 2.53. The number of rotatable bonds is 2. The largest absolute Gasteiger partial charge is 0.545 e. The van der Waals surface area contributed by atoms with Gasteiger partial charge in [0, 0.05) is 0 Å². The standard InChI is InChI=1S/C16H13NO4/c18-14-12-8-4-5-9(6-8)13(12)15(19)17(14)11-3-1-2-10(7-11)16(20)21/h1-5,7-9,12-13H,6H2,(H,20,21)/p-1/t8-,9+,12+,13-. The maximum atomic E-state index is 12.6. The number of hydrogen-bond acceptors (Lipinski definition) is 4. The van der Waals surface area contributed by atoms with Crippen LogP contribution in [0.1, 0.15) is 16.8 Å². The Kier molecular flexibility index (Phi) is 2.37. The Morgan fingerprint density at radius 1 is 1.10 bits per heavy atom. The zero-order chi connectivity index (χ0) is 14.7. The Morgan fingerprint density at radius 2 is 1.71 bits per heavy atom. The van der Waals surface area contributed by atoms with E-state index in [9.17, 15) is 19.5 Å². The number of imide groups is 1. The van der Waals surface area contributed by atoms with Crippen LogP contribution in [0.5, 0.6) is 0 Å². The van der Waals surface area contributed by atoms with Crippen LogP contribution in [0.4, 0.5) is 5.69 Å². The summed E-state index contributed by atoms with van der Waals surface area (Å²) in [5.41, 5.74) is 0.284. The van der Waals surface area contributed by atoms with E-state index >= 15 is 0 Å². The molecule has 21 heavy (non-hydrogen) atoms. The van der Waals surface area contributed by atoms with E-state index in [1.807, 2.05) is 12.2 Å². The molecule has 1 aromatic rings. The van der Waals surface area contributed by atoms with Crippen LogP contribution < -0.4 is 10.0 Å². The van der Waals surface area contributed by atoms with Gasteiger partial charge in [0.1, 0.15) is 0 Å². The van der Waals surface area contributed by atoms with Crippen LogP contribution in [0.2, 0.25) is 0 Å². The molecule has 5 heteroatoms. The average molecular weight is 282 g/mol. The molecule has 0 N–H and O–H groups in total. The number of hydrogen-bond donors (Lipinski definition) is 0. The number of aromatic carboxylic acids is 1. The summed E-state index contributed by atoms with van der Waals surface area (Å²) >= 11 is 0. The maximum absolute atomic E-state index is 12.6. The summed E-state index contributed by atoms with van der Waals surface area (Å²) in [5.74, 6) is -2.01. The van der Waals surface area contributed by atoms with E-state index < -0.39 is 5.97 Å². The van der Waals surface area contributed by atoms with E-state index in [1.54, 1.807) is 6.07 Å². The van der Waals surface area contributed by atoms with Crippen LogP contribution in [-0.4, -0.2) is 17.8 Å². The minimum atomic E-state index is -1.32. The topological polar surface area (TPSA) is 77.5 Å². The van der Waals surface area contributed by atoms with E-state index in [4.69, 9.17) is 0 Å². The zero-order valence-electron chi connectivity index (χ0n) is 11.1. The van der Waals surface area contributed by atoms with Gasteiger partial charge >= 0.3 is 0 Å². The van der Waals surface area contributed by atoms with Crippen molar-refractivity contribution in [2.24, 2.45) is 23.7 Å². The summed E-state index contributed by atoms with van der Waals surface area (Å²) in [6.45, 7) is 0. The van der Waals surface area contributed by atoms with Crippen LogP contribution in [0.3, 0.4) is 0 Å². The van der Waals surface area contributed by atoms with Crippen molar-refractivity contribution in [1.82, 2.24) is 0 Å². The van der Waals surface area contributed by atoms with Gasteiger partial charge in [0.2, 0.25) is 11.8 Å². The SMILES string of the molecule is O=C([O-])c1cccc(N2C(=O)[C@@H]3[C@H](C2=O)[C@H]2C=C[C@@H]3C2)c1. The Hall–Kier alpha value is -2.43. The minimum Gasteiger partial charge on any atom is -0.545 e. The van der Waals surface area contributed by atoms with Crippen LogP contribution in [0.15, 0.2) is 36.4 Å². The van der Waals surface area contributed by atoms with Crippen molar-refractivity contribution in [3.63, 3.8) is 0 Å². The quantitative estimate of drug-likeness (QED) is 0.579. The third-order valence-electron chi connectivity index (χ3n) is 4.81. The highest BCUT2D eigenvalue weighted by Gasteiger charge is 2.59. The number of carboxylic acid groups (broad SMARTS) is 1. The molecule has 4 atom stereocenters. The molecule has 1 aromatic carbocycles. The number of fused-ring (bicyclic) bond motifs is 5. The summed E-state index contributed by atoms with van der Waals surface area (Å²) in [5, 5.41) is 10.9. The van der Waals surface area contributed by atoms with Crippen LogP contribution in [0.25, 0.3) is 0 Å². The molecule has 2 fully saturated rings. The van der Waals surface area contributed by atoms with Gasteiger partial charge in [-0.15, -0.1) is 0 Å². The summed E-state index contributed by atoms with van der Waals surface area (Å²) in [7, 11) is 0. The molecule has 0 unspecified atom stereocenters. The minimum absolute atomic E-state index is 0.0359. The molecular formula is C16H12NO4-. The fourth-order valence-corrected chi connectivity index (χ4v) is 3.93. The van der Waals surface area contributed by atoms with E-state index in [2.05, 4.69) is 0 Å². The van der Waals surface area contributed by atoms with Crippen molar-refractivity contribution in [1.29, 1.82) is 0 Å². The van der Waals surface area contributed by atoms with Crippen LogP contribution in [0, 0.1) is 23.7 Å². The Morgan fingerprint density at radius 3 is 2.29 bits per heavy atom. The number of carboxylic acids is 1. The number of allylic oxidation sites excluding steroid dienone is 2. The number of amides is 2. The summed E-state index contributed by atoms with van der Waals surface area (Å²) < 4.78 is 0. The second-order valence-electron chi connectivity index (χ2n) is 5.85. The molecule has 1 saturated heterocycles. The maximum Gasteiger partial charge on any atom is 0.238 e. The lowest BCUT2D eigenvalue weighted by Crippen LogP contribution is -2.33. The van der Waals surface area contributed by atoms with E-state index in [1.165, 1.54) is 18.2 Å². The van der Waals surface area contributed by atoms with Gasteiger partial charge < -0.3 is 9.90 Å². The molecule has 1 saturated carbocycles. The summed E-state index contributed by atoms with van der Waals surface area (Å²) in [6.07, 6.45) is 4.93. The first-order chi connectivity index (χ1) is 10.1. The van der Waals surface area contributed by atoms with Gasteiger partial charge in [-0.1, -0.05) is 24.3 Å². The van der Waals surface area contributed by atoms with E-state index in [0.29, 0.717) is 5.69 Å². The molecule has 0 aromatic heterocycles. The molecule has 1 aliphatic heterocycles. The van der Waals surface area contributed by atoms with Gasteiger partial charge in [-0.25, -0.2) is 4.90 Å². The molecule has 106 valence electrons. The molecule has 2 amide bonds. The lowest BCUT2D eigenvalue weighted by Gasteiger charge is -2.18. The van der Waals surface area contributed by atoms with Crippen LogP contribution >= 0.6 is 0 Å². The number of carbonyl (C=O) groups excluding carboxylic acids is 3. The average Bonchev–Trinajstić information content (AvgIpc) is 3.13. The number of nitrogens with zero attached hydrogens (tertiary/aromatic N) is 1. The fraction of sp³-hybridized carbons (Fsp3) is 0.312. The number of benzene rings is 1. The molecule has 0 radical (unpaired) electrons. The van der Waals surface area contributed by atoms with Gasteiger partial charge in [-0.05, 0) is 36.0 Å². The number of anilines is 1. The molecule has 5 nitrogen and oxygen atoms in total. The highest BCUT2D eigenvalue weighted by molar-refractivity contribution is 6.23. The lowest BCUT2D eigenvalue weighted by molar-refractivity contribution is -0.255. The third-order valence-corrected chi connectivity index (χ3v) is 4.81. The third kappa shape index (κ3) is 1.54. The van der Waals surface area contributed by atoms with Crippen molar-refractivity contribution >= 4 is 23.5 Å². The molecular weight excluding hydrogens is 270 g/mol. The molecule has 3 aliphatic rings.